The monoisotopic (exact) mass is 581 g/mol. The molecule has 11 heteroatoms. The molecule has 41 heavy (non-hydrogen) atoms. The van der Waals surface area contributed by atoms with Gasteiger partial charge in [-0.05, 0) is 62.5 Å². The number of rotatable bonds is 6. The minimum Gasteiger partial charge on any atom is -0.507 e. The fourth-order valence-electron chi connectivity index (χ4n) is 6.96. The number of nitrogens with one attached hydrogen (secondary N) is 1. The number of hydrogen-bond donors (Lipinski definition) is 4. The molecule has 216 valence electrons. The maximum absolute atomic E-state index is 13.9. The Bertz CT molecular complexity index is 1480. The standard InChI is InChI=1S/C30H32ClN3O7/c1-13(14-7-5-4-6-8-14)33-12-16-11-19(35)21-17(23(16)31)9-15-10-18-24(34(2)3)26(37)22(29(32)40)28(39)30(18,41)27(38)20(15)25(21)36/h4-8,11,13,15,18,20,22,24,33,35,41H,9-10,12H2,1-3H3,(H2,32,40)/t13?,15-,18-,20?,22?,24-,30-/m0/s1. The molecule has 5 rings (SSSR count). The molecule has 7 atom stereocenters. The first kappa shape index (κ1) is 29.1. The topological polar surface area (TPSA) is 167 Å². The molecule has 10 nitrogen and oxygen atoms in total. The summed E-state index contributed by atoms with van der Waals surface area (Å²) in [6.07, 6.45) is 0.0782. The highest BCUT2D eigenvalue weighted by molar-refractivity contribution is 6.34. The normalized spacial score (nSPS) is 30.0. The van der Waals surface area contributed by atoms with E-state index in [4.69, 9.17) is 17.3 Å². The third-order valence-electron chi connectivity index (χ3n) is 8.97. The minimum absolute atomic E-state index is 0.0290. The first-order valence-electron chi connectivity index (χ1n) is 13.5. The minimum atomic E-state index is -2.76. The summed E-state index contributed by atoms with van der Waals surface area (Å²) >= 11 is 6.80. The molecule has 1 amide bonds. The molecule has 2 aromatic carbocycles. The average Bonchev–Trinajstić information content (AvgIpc) is 2.91. The highest BCUT2D eigenvalue weighted by Gasteiger charge is 2.69. The number of amides is 1. The van der Waals surface area contributed by atoms with Crippen molar-refractivity contribution in [3.63, 3.8) is 0 Å². The van der Waals surface area contributed by atoms with E-state index in [1.807, 2.05) is 37.3 Å². The number of likely N-dealkylation sites (N-methyl/N-ethyl adjacent to an activating group) is 1. The summed E-state index contributed by atoms with van der Waals surface area (Å²) in [6.45, 7) is 2.28. The van der Waals surface area contributed by atoms with Gasteiger partial charge in [0.1, 0.15) is 5.75 Å². The number of phenols is 1. The maximum atomic E-state index is 13.9. The Kier molecular flexibility index (Phi) is 7.40. The van der Waals surface area contributed by atoms with E-state index >= 15 is 0 Å². The molecule has 0 aromatic heterocycles. The van der Waals surface area contributed by atoms with Gasteiger partial charge in [-0.25, -0.2) is 0 Å². The highest BCUT2D eigenvalue weighted by atomic mass is 35.5. The summed E-state index contributed by atoms with van der Waals surface area (Å²) in [5, 5.41) is 26.2. The van der Waals surface area contributed by atoms with Crippen molar-refractivity contribution in [3.8, 4) is 5.75 Å². The number of aromatic hydroxyl groups is 1. The predicted molar refractivity (Wildman–Crippen MR) is 148 cm³/mol. The number of phenolic OH excluding ortho intramolecular Hbond substituents is 1. The maximum Gasteiger partial charge on any atom is 0.235 e. The molecule has 0 saturated heterocycles. The van der Waals surface area contributed by atoms with Crippen LogP contribution in [0.2, 0.25) is 5.02 Å². The molecular weight excluding hydrogens is 550 g/mol. The Labute approximate surface area is 241 Å². The fourth-order valence-corrected chi connectivity index (χ4v) is 7.25. The molecule has 0 spiro atoms. The molecule has 3 aliphatic rings. The van der Waals surface area contributed by atoms with Gasteiger partial charge < -0.3 is 21.3 Å². The number of ketones is 4. The zero-order valence-electron chi connectivity index (χ0n) is 22.9. The number of benzene rings is 2. The average molecular weight is 582 g/mol. The molecule has 2 fully saturated rings. The van der Waals surface area contributed by atoms with Crippen LogP contribution in [0.5, 0.6) is 5.75 Å². The molecule has 2 saturated carbocycles. The van der Waals surface area contributed by atoms with E-state index in [1.54, 1.807) is 14.1 Å². The van der Waals surface area contributed by atoms with E-state index in [9.17, 15) is 34.2 Å². The summed E-state index contributed by atoms with van der Waals surface area (Å²) in [5.74, 6) is -10.9. The van der Waals surface area contributed by atoms with Gasteiger partial charge in [-0.15, -0.1) is 0 Å². The van der Waals surface area contributed by atoms with E-state index in [1.165, 1.54) is 11.0 Å². The Morgan fingerprint density at radius 2 is 1.83 bits per heavy atom. The Morgan fingerprint density at radius 1 is 1.17 bits per heavy atom. The number of fused-ring (bicyclic) bond motifs is 3. The molecule has 0 bridgehead atoms. The number of aliphatic hydroxyl groups is 1. The molecule has 2 aromatic rings. The van der Waals surface area contributed by atoms with Crippen LogP contribution in [0.25, 0.3) is 0 Å². The van der Waals surface area contributed by atoms with Crippen molar-refractivity contribution in [2.24, 2.45) is 29.4 Å². The second-order valence-corrected chi connectivity index (χ2v) is 11.9. The van der Waals surface area contributed by atoms with Crippen molar-refractivity contribution >= 4 is 40.6 Å². The highest BCUT2D eigenvalue weighted by Crippen LogP contribution is 2.51. The van der Waals surface area contributed by atoms with E-state index < -0.39 is 64.4 Å². The van der Waals surface area contributed by atoms with Crippen molar-refractivity contribution in [1.29, 1.82) is 0 Å². The van der Waals surface area contributed by atoms with Gasteiger partial charge in [0, 0.05) is 23.5 Å². The second-order valence-electron chi connectivity index (χ2n) is 11.5. The second kappa shape index (κ2) is 10.4. The quantitative estimate of drug-likeness (QED) is 0.368. The summed E-state index contributed by atoms with van der Waals surface area (Å²) < 4.78 is 0. The van der Waals surface area contributed by atoms with Crippen molar-refractivity contribution < 1.29 is 34.2 Å². The van der Waals surface area contributed by atoms with Gasteiger partial charge in [0.2, 0.25) is 5.91 Å². The van der Waals surface area contributed by atoms with Gasteiger partial charge in [0.05, 0.1) is 17.5 Å². The van der Waals surface area contributed by atoms with E-state index in [-0.39, 0.29) is 35.2 Å². The van der Waals surface area contributed by atoms with Crippen LogP contribution in [0, 0.1) is 23.7 Å². The summed E-state index contributed by atoms with van der Waals surface area (Å²) in [4.78, 5) is 67.7. The third kappa shape index (κ3) is 4.41. The summed E-state index contributed by atoms with van der Waals surface area (Å²) in [5.41, 5.74) is 4.47. The van der Waals surface area contributed by atoms with Gasteiger partial charge in [0.25, 0.3) is 0 Å². The Hall–Kier alpha value is -3.44. The predicted octanol–water partition coefficient (Wildman–Crippen LogP) is 1.37. The van der Waals surface area contributed by atoms with Crippen LogP contribution in [-0.2, 0) is 32.1 Å². The smallest absolute Gasteiger partial charge is 0.235 e. The van der Waals surface area contributed by atoms with Crippen LogP contribution in [-0.4, -0.2) is 69.9 Å². The number of hydrogen-bond acceptors (Lipinski definition) is 9. The van der Waals surface area contributed by atoms with Crippen LogP contribution in [0.4, 0.5) is 0 Å². The first-order valence-corrected chi connectivity index (χ1v) is 13.8. The van der Waals surface area contributed by atoms with Crippen LogP contribution >= 0.6 is 11.6 Å². The number of primary amides is 1. The molecule has 0 heterocycles. The first-order chi connectivity index (χ1) is 19.3. The Morgan fingerprint density at radius 3 is 2.44 bits per heavy atom. The number of carbonyl (C=O) groups excluding carboxylic acids is 5. The van der Waals surface area contributed by atoms with Crippen LogP contribution in [0.15, 0.2) is 36.4 Å². The van der Waals surface area contributed by atoms with Gasteiger partial charge in [-0.1, -0.05) is 41.9 Å². The lowest BCUT2D eigenvalue weighted by Crippen LogP contribution is -2.74. The third-order valence-corrected chi connectivity index (χ3v) is 9.44. The zero-order valence-corrected chi connectivity index (χ0v) is 23.6. The largest absolute Gasteiger partial charge is 0.507 e. The van der Waals surface area contributed by atoms with Gasteiger partial charge >= 0.3 is 0 Å². The number of carbonyl (C=O) groups is 5. The van der Waals surface area contributed by atoms with Crippen LogP contribution in [0.3, 0.4) is 0 Å². The molecule has 0 radical (unpaired) electrons. The lowest BCUT2D eigenvalue weighted by atomic mass is 9.52. The van der Waals surface area contributed by atoms with E-state index in [2.05, 4.69) is 5.32 Å². The molecular formula is C30H32ClN3O7. The van der Waals surface area contributed by atoms with Crippen molar-refractivity contribution in [1.82, 2.24) is 10.2 Å². The van der Waals surface area contributed by atoms with Crippen LogP contribution < -0.4 is 11.1 Å². The van der Waals surface area contributed by atoms with Gasteiger partial charge in [-0.3, -0.25) is 28.9 Å². The summed E-state index contributed by atoms with van der Waals surface area (Å²) in [7, 11) is 3.08. The number of halogens is 1. The van der Waals surface area contributed by atoms with Gasteiger partial charge in [0.15, 0.2) is 34.7 Å². The lowest BCUT2D eigenvalue weighted by Gasteiger charge is -2.52. The molecule has 5 N–H and O–H groups in total. The van der Waals surface area contributed by atoms with E-state index in [0.29, 0.717) is 17.7 Å². The molecule has 3 unspecified atom stereocenters. The van der Waals surface area contributed by atoms with Crippen molar-refractivity contribution in [2.75, 3.05) is 14.1 Å². The number of Topliss-reactive ketones (excluding diaryl/α,β-unsaturated/α-hetero) is 4. The van der Waals surface area contributed by atoms with Crippen LogP contribution in [0.1, 0.15) is 46.4 Å². The Balaban J connectivity index is 1.51. The van der Waals surface area contributed by atoms with Crippen molar-refractivity contribution in [3.05, 3.63) is 63.7 Å². The van der Waals surface area contributed by atoms with Gasteiger partial charge in [-0.2, -0.15) is 0 Å². The van der Waals surface area contributed by atoms with E-state index in [0.717, 1.165) is 5.56 Å². The lowest BCUT2D eigenvalue weighted by molar-refractivity contribution is -0.181. The molecule has 3 aliphatic carbocycles. The number of nitrogens with two attached hydrogens (primary N) is 1. The number of nitrogens with zero attached hydrogens (tertiary/aromatic N) is 1. The van der Waals surface area contributed by atoms with Crippen molar-refractivity contribution in [2.45, 2.75) is 44.0 Å². The molecule has 0 aliphatic heterocycles. The fraction of sp³-hybridized carbons (Fsp3) is 0.433. The SMILES string of the molecule is CC(NCc1cc(O)c2c(c1Cl)C[C@H]1C[C@H]3[C@H](N(C)C)C(=O)C(C(N)=O)C(=O)[C@@]3(O)C(=O)C1C2=O)c1ccccc1. The zero-order chi connectivity index (χ0) is 30.0. The summed E-state index contributed by atoms with van der Waals surface area (Å²) in [6, 6.07) is 9.95.